The van der Waals surface area contributed by atoms with Gasteiger partial charge >= 0.3 is 6.03 Å². The zero-order valence-electron chi connectivity index (χ0n) is 17.5. The van der Waals surface area contributed by atoms with Crippen LogP contribution in [0.5, 0.6) is 5.75 Å². The predicted molar refractivity (Wildman–Crippen MR) is 123 cm³/mol. The fourth-order valence-electron chi connectivity index (χ4n) is 3.69. The molecule has 9 nitrogen and oxygen atoms in total. The predicted octanol–water partition coefficient (Wildman–Crippen LogP) is 3.56. The third-order valence-corrected chi connectivity index (χ3v) is 5.36. The molecule has 3 aromatic rings. The Kier molecular flexibility index (Phi) is 5.82. The maximum Gasteiger partial charge on any atom is 0.323 e. The Morgan fingerprint density at radius 3 is 2.66 bits per heavy atom. The summed E-state index contributed by atoms with van der Waals surface area (Å²) in [7, 11) is 0. The van der Waals surface area contributed by atoms with E-state index in [0.29, 0.717) is 29.6 Å². The maximum atomic E-state index is 12.1. The summed E-state index contributed by atoms with van der Waals surface area (Å²) in [4.78, 5) is 23.4. The minimum atomic E-state index is -0.315. The number of hydrogen-bond acceptors (Lipinski definition) is 7. The Morgan fingerprint density at radius 2 is 1.81 bits per heavy atom. The van der Waals surface area contributed by atoms with Gasteiger partial charge in [0.15, 0.2) is 0 Å². The molecule has 2 aliphatic rings. The van der Waals surface area contributed by atoms with Crippen molar-refractivity contribution in [3.8, 4) is 17.0 Å². The van der Waals surface area contributed by atoms with Crippen LogP contribution in [-0.4, -0.2) is 60.4 Å². The second kappa shape index (κ2) is 9.21. The highest BCUT2D eigenvalue weighted by molar-refractivity contribution is 6.07. The van der Waals surface area contributed by atoms with Crippen LogP contribution in [0.3, 0.4) is 0 Å². The van der Waals surface area contributed by atoms with Gasteiger partial charge in [0.1, 0.15) is 18.1 Å². The number of carbonyl (C=O) groups excluding carboxylic acids is 1. The van der Waals surface area contributed by atoms with Crippen LogP contribution in [0, 0.1) is 0 Å². The van der Waals surface area contributed by atoms with Crippen molar-refractivity contribution in [1.82, 2.24) is 14.9 Å². The lowest BCUT2D eigenvalue weighted by atomic mass is 10.1. The minimum Gasteiger partial charge on any atom is -0.492 e. The number of nitrogens with one attached hydrogen (secondary N) is 3. The third-order valence-electron chi connectivity index (χ3n) is 5.36. The number of para-hydroxylation sites is 1. The number of nitrogens with zero attached hydrogens (tertiary/aromatic N) is 3. The SMILES string of the molecule is O=C1Nc2ccccc2-c2nc(Nc3ccc(OCCN4CCOCC4)cc3)ncc2N1. The van der Waals surface area contributed by atoms with Crippen LogP contribution in [0.25, 0.3) is 11.3 Å². The molecular formula is C23H24N6O3. The first kappa shape index (κ1) is 20.2. The number of carbonyl (C=O) groups is 1. The van der Waals surface area contributed by atoms with Crippen LogP contribution in [0.1, 0.15) is 0 Å². The van der Waals surface area contributed by atoms with Gasteiger partial charge in [-0.1, -0.05) is 18.2 Å². The molecule has 2 aromatic carbocycles. The van der Waals surface area contributed by atoms with Crippen molar-refractivity contribution in [3.05, 3.63) is 54.7 Å². The molecule has 3 N–H and O–H groups in total. The summed E-state index contributed by atoms with van der Waals surface area (Å²) >= 11 is 0. The summed E-state index contributed by atoms with van der Waals surface area (Å²) in [5.41, 5.74) is 3.58. The molecule has 1 aromatic heterocycles. The van der Waals surface area contributed by atoms with Gasteiger partial charge in [-0.15, -0.1) is 0 Å². The highest BCUT2D eigenvalue weighted by Crippen LogP contribution is 2.35. The first-order valence-corrected chi connectivity index (χ1v) is 10.6. The lowest BCUT2D eigenvalue weighted by molar-refractivity contribution is 0.0322. The number of benzene rings is 2. The quantitative estimate of drug-likeness (QED) is 0.548. The van der Waals surface area contributed by atoms with Gasteiger partial charge in [0.25, 0.3) is 0 Å². The van der Waals surface area contributed by atoms with Crippen LogP contribution in [0.4, 0.5) is 27.8 Å². The summed E-state index contributed by atoms with van der Waals surface area (Å²) in [5.74, 6) is 1.25. The van der Waals surface area contributed by atoms with Gasteiger partial charge in [0, 0.05) is 30.9 Å². The van der Waals surface area contributed by atoms with E-state index in [1.165, 1.54) is 0 Å². The fraction of sp³-hybridized carbons (Fsp3) is 0.261. The van der Waals surface area contributed by atoms with E-state index in [9.17, 15) is 4.79 Å². The van der Waals surface area contributed by atoms with Crippen LogP contribution in [0.2, 0.25) is 0 Å². The Balaban J connectivity index is 1.25. The standard InChI is InChI=1S/C23H24N6O3/c30-23-26-19-4-2-1-3-18(19)21-20(27-23)15-24-22(28-21)25-16-5-7-17(8-6-16)32-14-11-29-9-12-31-13-10-29/h1-8,15H,9-14H2,(H,24,25,28)(H2,26,27,30). The number of morpholine rings is 1. The number of fused-ring (bicyclic) bond motifs is 3. The second-order valence-corrected chi connectivity index (χ2v) is 7.53. The molecule has 164 valence electrons. The molecule has 1 fully saturated rings. The van der Waals surface area contributed by atoms with E-state index in [1.54, 1.807) is 6.20 Å². The monoisotopic (exact) mass is 432 g/mol. The molecule has 32 heavy (non-hydrogen) atoms. The van der Waals surface area contributed by atoms with Crippen molar-refractivity contribution < 1.29 is 14.3 Å². The number of ether oxygens (including phenoxy) is 2. The molecule has 2 aliphatic heterocycles. The molecule has 0 aliphatic carbocycles. The molecule has 0 radical (unpaired) electrons. The van der Waals surface area contributed by atoms with E-state index in [0.717, 1.165) is 49.8 Å². The lowest BCUT2D eigenvalue weighted by Gasteiger charge is -2.26. The highest BCUT2D eigenvalue weighted by atomic mass is 16.5. The van der Waals surface area contributed by atoms with E-state index >= 15 is 0 Å². The molecule has 0 bridgehead atoms. The first-order valence-electron chi connectivity index (χ1n) is 10.6. The summed E-state index contributed by atoms with van der Waals surface area (Å²) < 4.78 is 11.2. The molecule has 9 heteroatoms. The highest BCUT2D eigenvalue weighted by Gasteiger charge is 2.20. The van der Waals surface area contributed by atoms with E-state index in [2.05, 4.69) is 30.8 Å². The average Bonchev–Trinajstić information content (AvgIpc) is 2.96. The molecule has 5 rings (SSSR count). The molecule has 0 saturated carbocycles. The fourth-order valence-corrected chi connectivity index (χ4v) is 3.69. The van der Waals surface area contributed by atoms with Gasteiger partial charge in [-0.25, -0.2) is 14.8 Å². The van der Waals surface area contributed by atoms with Crippen LogP contribution in [0.15, 0.2) is 54.7 Å². The smallest absolute Gasteiger partial charge is 0.323 e. The Morgan fingerprint density at radius 1 is 1.03 bits per heavy atom. The van der Waals surface area contributed by atoms with Gasteiger partial charge in [-0.2, -0.15) is 0 Å². The zero-order chi connectivity index (χ0) is 21.8. The largest absolute Gasteiger partial charge is 0.492 e. The molecule has 0 atom stereocenters. The molecule has 0 unspecified atom stereocenters. The molecule has 1 saturated heterocycles. The summed E-state index contributed by atoms with van der Waals surface area (Å²) in [6, 6.07) is 14.9. The van der Waals surface area contributed by atoms with Gasteiger partial charge in [-0.05, 0) is 30.3 Å². The van der Waals surface area contributed by atoms with Crippen molar-refractivity contribution >= 4 is 29.0 Å². The van der Waals surface area contributed by atoms with Gasteiger partial charge in [-0.3, -0.25) is 4.90 Å². The number of anilines is 4. The van der Waals surface area contributed by atoms with Crippen LogP contribution in [-0.2, 0) is 4.74 Å². The topological polar surface area (TPSA) is 101 Å². The molecule has 2 amide bonds. The molecular weight excluding hydrogens is 408 g/mol. The van der Waals surface area contributed by atoms with Crippen molar-refractivity contribution in [2.75, 3.05) is 55.4 Å². The van der Waals surface area contributed by atoms with Crippen LogP contribution < -0.4 is 20.7 Å². The van der Waals surface area contributed by atoms with E-state index < -0.39 is 0 Å². The number of aromatic nitrogens is 2. The van der Waals surface area contributed by atoms with E-state index in [1.807, 2.05) is 48.5 Å². The van der Waals surface area contributed by atoms with Crippen molar-refractivity contribution in [2.24, 2.45) is 0 Å². The zero-order valence-corrected chi connectivity index (χ0v) is 17.5. The summed E-state index contributed by atoms with van der Waals surface area (Å²) in [6.07, 6.45) is 1.61. The molecule has 0 spiro atoms. The van der Waals surface area contributed by atoms with Crippen molar-refractivity contribution in [1.29, 1.82) is 0 Å². The van der Waals surface area contributed by atoms with Gasteiger partial charge < -0.3 is 25.4 Å². The minimum absolute atomic E-state index is 0.315. The Labute approximate surface area is 185 Å². The summed E-state index contributed by atoms with van der Waals surface area (Å²) in [5, 5.41) is 8.82. The Hall–Kier alpha value is -3.69. The van der Waals surface area contributed by atoms with Crippen molar-refractivity contribution in [2.45, 2.75) is 0 Å². The number of urea groups is 1. The van der Waals surface area contributed by atoms with Crippen LogP contribution >= 0.6 is 0 Å². The maximum absolute atomic E-state index is 12.1. The first-order chi connectivity index (χ1) is 15.7. The lowest BCUT2D eigenvalue weighted by Crippen LogP contribution is -2.38. The van der Waals surface area contributed by atoms with E-state index in [-0.39, 0.29) is 6.03 Å². The third kappa shape index (κ3) is 4.63. The number of amides is 2. The second-order valence-electron chi connectivity index (χ2n) is 7.53. The summed E-state index contributed by atoms with van der Waals surface area (Å²) in [6.45, 7) is 5.02. The average molecular weight is 432 g/mol. The van der Waals surface area contributed by atoms with Crippen molar-refractivity contribution in [3.63, 3.8) is 0 Å². The number of rotatable bonds is 6. The number of hydrogen-bond donors (Lipinski definition) is 3. The van der Waals surface area contributed by atoms with E-state index in [4.69, 9.17) is 9.47 Å². The van der Waals surface area contributed by atoms with Gasteiger partial charge in [0.05, 0.1) is 30.8 Å². The van der Waals surface area contributed by atoms with Gasteiger partial charge in [0.2, 0.25) is 5.95 Å². The normalized spacial score (nSPS) is 15.6. The Bertz CT molecular complexity index is 1100. The molecule has 3 heterocycles.